The van der Waals surface area contributed by atoms with Gasteiger partial charge in [-0.1, -0.05) is 26.0 Å². The molecule has 2 heteroatoms. The van der Waals surface area contributed by atoms with Crippen molar-refractivity contribution < 1.29 is 9.59 Å². The molecule has 6 atom stereocenters. The Morgan fingerprint density at radius 1 is 1.17 bits per heavy atom. The van der Waals surface area contributed by atoms with E-state index in [0.717, 1.165) is 19.3 Å². The van der Waals surface area contributed by atoms with Gasteiger partial charge in [0.05, 0.1) is 0 Å². The van der Waals surface area contributed by atoms with Gasteiger partial charge in [0.1, 0.15) is 5.78 Å². The van der Waals surface area contributed by atoms with Crippen molar-refractivity contribution in [2.24, 2.45) is 34.5 Å². The summed E-state index contributed by atoms with van der Waals surface area (Å²) in [5, 5.41) is 0. The van der Waals surface area contributed by atoms with E-state index in [-0.39, 0.29) is 22.5 Å². The molecule has 0 N–H and O–H groups in total. The molecule has 0 bridgehead atoms. The predicted octanol–water partition coefficient (Wildman–Crippen LogP) is 4.89. The Morgan fingerprint density at radius 2 is 1.92 bits per heavy atom. The summed E-state index contributed by atoms with van der Waals surface area (Å²) in [5.41, 5.74) is 2.77. The average Bonchev–Trinajstić information content (AvgIpc) is 2.87. The van der Waals surface area contributed by atoms with Gasteiger partial charge in [-0.05, 0) is 85.7 Å². The normalized spacial score (nSPS) is 47.5. The minimum Gasteiger partial charge on any atom is -0.300 e. The molecule has 0 heterocycles. The van der Waals surface area contributed by atoms with Gasteiger partial charge in [-0.3, -0.25) is 9.59 Å². The minimum absolute atomic E-state index is 0.129. The van der Waals surface area contributed by atoms with Crippen LogP contribution in [0.2, 0.25) is 0 Å². The monoisotopic (exact) mass is 326 g/mol. The Morgan fingerprint density at radius 3 is 2.62 bits per heavy atom. The number of hydrogen-bond acceptors (Lipinski definition) is 2. The van der Waals surface area contributed by atoms with E-state index >= 15 is 0 Å². The standard InChI is InChI=1S/C22H30O2/c1-13-11-16-18-6-5-17(14(2)23)21(18,3)10-8-19(16)22(4)9-7-15(24)12-20(13)22/h12,16-19H,1,5-11H2,2-4H3. The highest BCUT2D eigenvalue weighted by atomic mass is 16.1. The molecule has 6 unspecified atom stereocenters. The van der Waals surface area contributed by atoms with E-state index in [1.54, 1.807) is 6.92 Å². The summed E-state index contributed by atoms with van der Waals surface area (Å²) in [5.74, 6) is 2.89. The molecule has 0 aromatic heterocycles. The number of carbonyl (C=O) groups excluding carboxylic acids is 2. The van der Waals surface area contributed by atoms with Gasteiger partial charge in [0.2, 0.25) is 0 Å². The summed E-state index contributed by atoms with van der Waals surface area (Å²) in [6.07, 6.45) is 9.26. The molecule has 3 fully saturated rings. The van der Waals surface area contributed by atoms with Gasteiger partial charge >= 0.3 is 0 Å². The first-order valence-electron chi connectivity index (χ1n) is 9.71. The van der Waals surface area contributed by atoms with Gasteiger partial charge in [0, 0.05) is 12.3 Å². The van der Waals surface area contributed by atoms with Crippen LogP contribution in [0.4, 0.5) is 0 Å². The molecule has 4 aliphatic rings. The zero-order valence-electron chi connectivity index (χ0n) is 15.4. The van der Waals surface area contributed by atoms with Crippen molar-refractivity contribution >= 4 is 11.6 Å². The zero-order valence-corrected chi connectivity index (χ0v) is 15.4. The zero-order chi connectivity index (χ0) is 17.3. The van der Waals surface area contributed by atoms with Crippen molar-refractivity contribution in [3.8, 4) is 0 Å². The molecule has 3 saturated carbocycles. The number of allylic oxidation sites excluding steroid dienone is 2. The number of ketones is 2. The maximum Gasteiger partial charge on any atom is 0.156 e. The van der Waals surface area contributed by atoms with Crippen LogP contribution in [0, 0.1) is 34.5 Å². The highest BCUT2D eigenvalue weighted by Crippen LogP contribution is 2.67. The third-order valence-electron chi connectivity index (χ3n) is 8.42. The quantitative estimate of drug-likeness (QED) is 0.687. The van der Waals surface area contributed by atoms with Crippen LogP contribution in [-0.2, 0) is 9.59 Å². The van der Waals surface area contributed by atoms with Gasteiger partial charge in [0.15, 0.2) is 5.78 Å². The first kappa shape index (κ1) is 16.3. The van der Waals surface area contributed by atoms with E-state index in [1.807, 2.05) is 6.08 Å². The van der Waals surface area contributed by atoms with Crippen LogP contribution in [-0.4, -0.2) is 11.6 Å². The molecule has 0 aliphatic heterocycles. The van der Waals surface area contributed by atoms with Crippen molar-refractivity contribution in [2.75, 3.05) is 0 Å². The van der Waals surface area contributed by atoms with E-state index in [4.69, 9.17) is 0 Å². The fraction of sp³-hybridized carbons (Fsp3) is 0.727. The van der Waals surface area contributed by atoms with Crippen molar-refractivity contribution in [1.29, 1.82) is 0 Å². The van der Waals surface area contributed by atoms with Crippen LogP contribution in [0.25, 0.3) is 0 Å². The van der Waals surface area contributed by atoms with E-state index in [0.29, 0.717) is 30.0 Å². The Bertz CT molecular complexity index is 657. The topological polar surface area (TPSA) is 34.1 Å². The van der Waals surface area contributed by atoms with Gasteiger partial charge in [-0.15, -0.1) is 0 Å². The van der Waals surface area contributed by atoms with Crippen molar-refractivity contribution in [3.63, 3.8) is 0 Å². The number of Topliss-reactive ketones (excluding diaryl/α,β-unsaturated/α-hetero) is 1. The molecule has 0 aromatic carbocycles. The fourth-order valence-electron chi connectivity index (χ4n) is 7.23. The first-order valence-corrected chi connectivity index (χ1v) is 9.71. The maximum absolute atomic E-state index is 12.2. The van der Waals surface area contributed by atoms with Crippen LogP contribution in [0.3, 0.4) is 0 Å². The minimum atomic E-state index is 0.129. The summed E-state index contributed by atoms with van der Waals surface area (Å²) >= 11 is 0. The van der Waals surface area contributed by atoms with E-state index in [9.17, 15) is 9.59 Å². The number of carbonyl (C=O) groups is 2. The molecule has 2 nitrogen and oxygen atoms in total. The summed E-state index contributed by atoms with van der Waals surface area (Å²) in [6.45, 7) is 10.9. The molecular formula is C22H30O2. The van der Waals surface area contributed by atoms with Gasteiger partial charge in [-0.25, -0.2) is 0 Å². The smallest absolute Gasteiger partial charge is 0.156 e. The molecule has 0 radical (unpaired) electrons. The molecule has 0 amide bonds. The van der Waals surface area contributed by atoms with Gasteiger partial charge in [-0.2, -0.15) is 0 Å². The number of fused-ring (bicyclic) bond motifs is 5. The lowest BCUT2D eigenvalue weighted by molar-refractivity contribution is -0.128. The molecule has 4 rings (SSSR count). The number of hydrogen-bond donors (Lipinski definition) is 0. The van der Waals surface area contributed by atoms with Gasteiger partial charge in [0.25, 0.3) is 0 Å². The summed E-state index contributed by atoms with van der Waals surface area (Å²) in [7, 11) is 0. The lowest BCUT2D eigenvalue weighted by atomic mass is 9.46. The van der Waals surface area contributed by atoms with Crippen molar-refractivity contribution in [1.82, 2.24) is 0 Å². The summed E-state index contributed by atoms with van der Waals surface area (Å²) < 4.78 is 0. The van der Waals surface area contributed by atoms with Crippen LogP contribution < -0.4 is 0 Å². The third kappa shape index (κ3) is 2.01. The second kappa shape index (κ2) is 5.16. The van der Waals surface area contributed by atoms with Crippen LogP contribution in [0.1, 0.15) is 65.7 Å². The molecule has 4 aliphatic carbocycles. The van der Waals surface area contributed by atoms with Gasteiger partial charge < -0.3 is 0 Å². The van der Waals surface area contributed by atoms with E-state index < -0.39 is 0 Å². The van der Waals surface area contributed by atoms with E-state index in [1.165, 1.54) is 30.4 Å². The van der Waals surface area contributed by atoms with Crippen molar-refractivity contribution in [3.05, 3.63) is 23.8 Å². The molecule has 0 saturated heterocycles. The molecular weight excluding hydrogens is 296 g/mol. The van der Waals surface area contributed by atoms with E-state index in [2.05, 4.69) is 20.4 Å². The second-order valence-corrected chi connectivity index (χ2v) is 9.41. The lowest BCUT2D eigenvalue weighted by Gasteiger charge is -2.58. The predicted molar refractivity (Wildman–Crippen MR) is 95.4 cm³/mol. The third-order valence-corrected chi connectivity index (χ3v) is 8.42. The molecule has 130 valence electrons. The maximum atomic E-state index is 12.2. The highest BCUT2D eigenvalue weighted by Gasteiger charge is 2.60. The van der Waals surface area contributed by atoms with Crippen molar-refractivity contribution in [2.45, 2.75) is 65.7 Å². The Kier molecular flexibility index (Phi) is 3.50. The second-order valence-electron chi connectivity index (χ2n) is 9.41. The Hall–Kier alpha value is -1.18. The Balaban J connectivity index is 1.72. The fourth-order valence-corrected chi connectivity index (χ4v) is 7.23. The van der Waals surface area contributed by atoms with Crippen LogP contribution in [0.5, 0.6) is 0 Å². The SMILES string of the molecule is C=C1CC2C(CCC3(C)C(C(C)=O)CCC23)C2(C)CCC(=O)C=C12. The Labute approximate surface area is 145 Å². The summed E-state index contributed by atoms with van der Waals surface area (Å²) in [6, 6.07) is 0. The summed E-state index contributed by atoms with van der Waals surface area (Å²) in [4.78, 5) is 24.2. The largest absolute Gasteiger partial charge is 0.300 e. The lowest BCUT2D eigenvalue weighted by Crippen LogP contribution is -2.51. The van der Waals surface area contributed by atoms with Crippen LogP contribution >= 0.6 is 0 Å². The first-order chi connectivity index (χ1) is 11.3. The molecule has 0 spiro atoms. The molecule has 0 aromatic rings. The average molecular weight is 326 g/mol. The molecule has 24 heavy (non-hydrogen) atoms. The highest BCUT2D eigenvalue weighted by molar-refractivity contribution is 5.92. The van der Waals surface area contributed by atoms with Crippen LogP contribution in [0.15, 0.2) is 23.8 Å². The number of rotatable bonds is 1.